The Bertz CT molecular complexity index is 722. The number of nitrogens with zero attached hydrogens (tertiary/aromatic N) is 1. The van der Waals surface area contributed by atoms with Gasteiger partial charge in [-0.1, -0.05) is 34.1 Å². The average molecular weight is 395 g/mol. The minimum Gasteiger partial charge on any atom is -0.504 e. The van der Waals surface area contributed by atoms with Crippen molar-refractivity contribution in [3.63, 3.8) is 0 Å². The van der Waals surface area contributed by atoms with Gasteiger partial charge in [-0.25, -0.2) is 5.43 Å². The molecule has 0 aliphatic carbocycles. The number of hydrogen-bond donors (Lipinski definition) is 3. The number of nitrogens with one attached hydrogen (secondary N) is 1. The van der Waals surface area contributed by atoms with Crippen LogP contribution >= 0.6 is 27.7 Å². The fraction of sp³-hybridized carbons (Fsp3) is 0.125. The molecule has 2 rings (SSSR count). The van der Waals surface area contributed by atoms with Crippen molar-refractivity contribution in [2.45, 2.75) is 5.75 Å². The van der Waals surface area contributed by atoms with Gasteiger partial charge in [0.1, 0.15) is 0 Å². The van der Waals surface area contributed by atoms with E-state index in [2.05, 4.69) is 26.5 Å². The summed E-state index contributed by atoms with van der Waals surface area (Å²) < 4.78 is 1.03. The van der Waals surface area contributed by atoms with Crippen LogP contribution in [0.25, 0.3) is 0 Å². The monoisotopic (exact) mass is 394 g/mol. The SMILES string of the molecule is O=C(CSCc1ccccc1Br)N/N=C/c1ccc(O)c(O)c1. The van der Waals surface area contributed by atoms with E-state index in [9.17, 15) is 15.0 Å². The Morgan fingerprint density at radius 3 is 2.74 bits per heavy atom. The van der Waals surface area contributed by atoms with Crippen LogP contribution in [0.4, 0.5) is 0 Å². The third kappa shape index (κ3) is 5.61. The van der Waals surface area contributed by atoms with Gasteiger partial charge in [-0.15, -0.1) is 11.8 Å². The van der Waals surface area contributed by atoms with E-state index in [1.54, 1.807) is 6.07 Å². The highest BCUT2D eigenvalue weighted by molar-refractivity contribution is 9.10. The number of benzene rings is 2. The van der Waals surface area contributed by atoms with Gasteiger partial charge in [-0.05, 0) is 35.4 Å². The van der Waals surface area contributed by atoms with Crippen LogP contribution in [-0.2, 0) is 10.5 Å². The Balaban J connectivity index is 1.75. The summed E-state index contributed by atoms with van der Waals surface area (Å²) in [6, 6.07) is 12.2. The summed E-state index contributed by atoms with van der Waals surface area (Å²) >= 11 is 4.96. The number of halogens is 1. The van der Waals surface area contributed by atoms with Crippen LogP contribution in [0.5, 0.6) is 11.5 Å². The zero-order valence-electron chi connectivity index (χ0n) is 12.1. The first-order chi connectivity index (χ1) is 11.1. The Morgan fingerprint density at radius 2 is 2.00 bits per heavy atom. The number of aromatic hydroxyl groups is 2. The molecule has 0 bridgehead atoms. The summed E-state index contributed by atoms with van der Waals surface area (Å²) in [7, 11) is 0. The van der Waals surface area contributed by atoms with E-state index in [4.69, 9.17) is 0 Å². The molecule has 0 saturated heterocycles. The van der Waals surface area contributed by atoms with Crippen molar-refractivity contribution in [3.05, 3.63) is 58.1 Å². The molecule has 2 aromatic carbocycles. The van der Waals surface area contributed by atoms with E-state index in [0.29, 0.717) is 11.3 Å². The van der Waals surface area contributed by atoms with Gasteiger partial charge in [0.05, 0.1) is 12.0 Å². The first-order valence-corrected chi connectivity index (χ1v) is 8.66. The number of carbonyl (C=O) groups excluding carboxylic acids is 1. The van der Waals surface area contributed by atoms with Crippen LogP contribution in [0, 0.1) is 0 Å². The minimum absolute atomic E-state index is 0.199. The molecule has 0 unspecified atom stereocenters. The molecular formula is C16H15BrN2O3S. The third-order valence-electron chi connectivity index (χ3n) is 2.85. The summed E-state index contributed by atoms with van der Waals surface area (Å²) in [5, 5.41) is 22.4. The van der Waals surface area contributed by atoms with E-state index >= 15 is 0 Å². The maximum atomic E-state index is 11.7. The van der Waals surface area contributed by atoms with Gasteiger partial charge in [-0.3, -0.25) is 4.79 Å². The second-order valence-electron chi connectivity index (χ2n) is 4.63. The first-order valence-electron chi connectivity index (χ1n) is 6.71. The van der Waals surface area contributed by atoms with Crippen molar-refractivity contribution in [1.82, 2.24) is 5.43 Å². The highest BCUT2D eigenvalue weighted by atomic mass is 79.9. The first kappa shape index (κ1) is 17.4. The highest BCUT2D eigenvalue weighted by Crippen LogP contribution is 2.24. The summed E-state index contributed by atoms with van der Waals surface area (Å²) in [4.78, 5) is 11.7. The van der Waals surface area contributed by atoms with Crippen LogP contribution in [0.1, 0.15) is 11.1 Å². The van der Waals surface area contributed by atoms with Crippen molar-refractivity contribution in [3.8, 4) is 11.5 Å². The molecule has 0 aromatic heterocycles. The lowest BCUT2D eigenvalue weighted by Crippen LogP contribution is -2.19. The molecule has 5 nitrogen and oxygen atoms in total. The predicted octanol–water partition coefficient (Wildman–Crippen LogP) is 3.24. The predicted molar refractivity (Wildman–Crippen MR) is 95.8 cm³/mol. The molecule has 0 radical (unpaired) electrons. The van der Waals surface area contributed by atoms with E-state index in [1.165, 1.54) is 30.1 Å². The second-order valence-corrected chi connectivity index (χ2v) is 6.47. The van der Waals surface area contributed by atoms with Crippen LogP contribution in [-0.4, -0.2) is 28.1 Å². The normalized spacial score (nSPS) is 10.8. The molecular weight excluding hydrogens is 380 g/mol. The zero-order chi connectivity index (χ0) is 16.7. The Labute approximate surface area is 146 Å². The zero-order valence-corrected chi connectivity index (χ0v) is 14.5. The van der Waals surface area contributed by atoms with Crippen LogP contribution in [0.2, 0.25) is 0 Å². The second kappa shape index (κ2) is 8.59. The molecule has 3 N–H and O–H groups in total. The van der Waals surface area contributed by atoms with Crippen molar-refractivity contribution in [1.29, 1.82) is 0 Å². The molecule has 0 atom stereocenters. The maximum absolute atomic E-state index is 11.7. The average Bonchev–Trinajstić information content (AvgIpc) is 2.53. The van der Waals surface area contributed by atoms with E-state index in [-0.39, 0.29) is 17.4 Å². The van der Waals surface area contributed by atoms with Gasteiger partial charge >= 0.3 is 0 Å². The number of amides is 1. The van der Waals surface area contributed by atoms with Gasteiger partial charge < -0.3 is 10.2 Å². The number of carbonyl (C=O) groups is 1. The molecule has 0 aliphatic heterocycles. The molecule has 0 heterocycles. The number of hydrogen-bond acceptors (Lipinski definition) is 5. The summed E-state index contributed by atoms with van der Waals surface area (Å²) in [5.74, 6) is 0.379. The fourth-order valence-electron chi connectivity index (χ4n) is 1.70. The molecule has 23 heavy (non-hydrogen) atoms. The highest BCUT2D eigenvalue weighted by Gasteiger charge is 2.03. The van der Waals surface area contributed by atoms with E-state index < -0.39 is 0 Å². The summed E-state index contributed by atoms with van der Waals surface area (Å²) in [5.41, 5.74) is 4.12. The molecule has 0 saturated carbocycles. The summed E-state index contributed by atoms with van der Waals surface area (Å²) in [6.45, 7) is 0. The van der Waals surface area contributed by atoms with E-state index in [1.807, 2.05) is 24.3 Å². The lowest BCUT2D eigenvalue weighted by Gasteiger charge is -2.03. The number of rotatable bonds is 6. The molecule has 0 fully saturated rings. The molecule has 7 heteroatoms. The van der Waals surface area contributed by atoms with Gasteiger partial charge in [0.2, 0.25) is 5.91 Å². The quantitative estimate of drug-likeness (QED) is 0.399. The maximum Gasteiger partial charge on any atom is 0.250 e. The minimum atomic E-state index is -0.232. The van der Waals surface area contributed by atoms with Crippen LogP contribution in [0.15, 0.2) is 52.0 Å². The Hall–Kier alpha value is -1.99. The lowest BCUT2D eigenvalue weighted by molar-refractivity contribution is -0.118. The van der Waals surface area contributed by atoms with Gasteiger partial charge in [0.15, 0.2) is 11.5 Å². The lowest BCUT2D eigenvalue weighted by atomic mass is 10.2. The van der Waals surface area contributed by atoms with Gasteiger partial charge in [-0.2, -0.15) is 5.10 Å². The molecule has 1 amide bonds. The molecule has 2 aromatic rings. The largest absolute Gasteiger partial charge is 0.504 e. The number of hydrazone groups is 1. The fourth-order valence-corrected chi connectivity index (χ4v) is 3.14. The summed E-state index contributed by atoms with van der Waals surface area (Å²) in [6.07, 6.45) is 1.40. The van der Waals surface area contributed by atoms with Crippen molar-refractivity contribution in [2.24, 2.45) is 5.10 Å². The number of thioether (sulfide) groups is 1. The van der Waals surface area contributed by atoms with Crippen LogP contribution in [0.3, 0.4) is 0 Å². The van der Waals surface area contributed by atoms with Gasteiger partial charge in [0, 0.05) is 10.2 Å². The number of phenolic OH excluding ortho intramolecular Hbond substituents is 2. The third-order valence-corrected chi connectivity index (χ3v) is 4.61. The standard InChI is InChI=1S/C16H15BrN2O3S/c17-13-4-2-1-3-12(13)9-23-10-16(22)19-18-8-11-5-6-14(20)15(21)7-11/h1-8,20-21H,9-10H2,(H,19,22)/b18-8+. The Kier molecular flexibility index (Phi) is 6.49. The van der Waals surface area contributed by atoms with Crippen molar-refractivity contribution < 1.29 is 15.0 Å². The topological polar surface area (TPSA) is 81.9 Å². The van der Waals surface area contributed by atoms with Crippen molar-refractivity contribution in [2.75, 3.05) is 5.75 Å². The van der Waals surface area contributed by atoms with E-state index in [0.717, 1.165) is 15.8 Å². The Morgan fingerprint density at radius 1 is 1.22 bits per heavy atom. The molecule has 0 spiro atoms. The van der Waals surface area contributed by atoms with Gasteiger partial charge in [0.25, 0.3) is 0 Å². The van der Waals surface area contributed by atoms with Crippen LogP contribution < -0.4 is 5.43 Å². The number of phenols is 2. The molecule has 120 valence electrons. The van der Waals surface area contributed by atoms with Crippen molar-refractivity contribution >= 4 is 39.8 Å². The smallest absolute Gasteiger partial charge is 0.250 e. The molecule has 0 aliphatic rings.